The third kappa shape index (κ3) is 6.88. The second-order valence-electron chi connectivity index (χ2n) is 4.28. The number of nitrogens with one attached hydrogen (secondary N) is 2. The maximum atomic E-state index is 11.6. The van der Waals surface area contributed by atoms with E-state index >= 15 is 0 Å². The Bertz CT molecular complexity index is 292. The van der Waals surface area contributed by atoms with Crippen molar-refractivity contribution in [3.05, 3.63) is 0 Å². The molecule has 1 unspecified atom stereocenters. The van der Waals surface area contributed by atoms with Crippen LogP contribution in [-0.4, -0.2) is 29.9 Å². The number of carbonyl (C=O) groups is 2. The molecule has 6 heteroatoms. The Labute approximate surface area is 108 Å². The van der Waals surface area contributed by atoms with E-state index in [1.807, 2.05) is 20.8 Å². The maximum Gasteiger partial charge on any atom is 0.239 e. The van der Waals surface area contributed by atoms with Gasteiger partial charge in [-0.15, -0.1) is 0 Å². The van der Waals surface area contributed by atoms with Crippen LogP contribution in [0, 0.1) is 11.8 Å². The van der Waals surface area contributed by atoms with E-state index in [2.05, 4.69) is 10.6 Å². The molecule has 0 aromatic carbocycles. The molecule has 0 saturated heterocycles. The molecule has 5 nitrogen and oxygen atoms in total. The molecule has 2 amide bonds. The molecule has 0 radical (unpaired) electrons. The fourth-order valence-corrected chi connectivity index (χ4v) is 1.46. The Balaban J connectivity index is 3.98. The first kappa shape index (κ1) is 15.8. The van der Waals surface area contributed by atoms with E-state index in [0.717, 1.165) is 0 Å². The van der Waals surface area contributed by atoms with Gasteiger partial charge in [-0.3, -0.25) is 9.59 Å². The van der Waals surface area contributed by atoms with Crippen LogP contribution in [0.3, 0.4) is 0 Å². The summed E-state index contributed by atoms with van der Waals surface area (Å²) in [4.78, 5) is 23.1. The lowest BCUT2D eigenvalue weighted by Gasteiger charge is -2.13. The van der Waals surface area contributed by atoms with Gasteiger partial charge in [-0.05, 0) is 12.3 Å². The van der Waals surface area contributed by atoms with Gasteiger partial charge in [0.05, 0.1) is 17.5 Å². The molecule has 0 aromatic heterocycles. The van der Waals surface area contributed by atoms with E-state index in [-0.39, 0.29) is 23.3 Å². The average molecular weight is 259 g/mol. The second-order valence-corrected chi connectivity index (χ2v) is 4.75. The summed E-state index contributed by atoms with van der Waals surface area (Å²) in [6.45, 7) is 6.38. The van der Waals surface area contributed by atoms with Crippen molar-refractivity contribution in [1.82, 2.24) is 10.6 Å². The summed E-state index contributed by atoms with van der Waals surface area (Å²) in [5.74, 6) is -0.609. The fraction of sp³-hybridized carbons (Fsp3) is 0.727. The van der Waals surface area contributed by atoms with Crippen LogP contribution in [0.5, 0.6) is 0 Å². The van der Waals surface area contributed by atoms with Gasteiger partial charge >= 0.3 is 0 Å². The number of rotatable bonds is 7. The molecule has 0 heterocycles. The number of hydrogen-bond donors (Lipinski definition) is 3. The van der Waals surface area contributed by atoms with Crippen LogP contribution in [0.1, 0.15) is 27.2 Å². The van der Waals surface area contributed by atoms with Gasteiger partial charge in [0.15, 0.2) is 0 Å². The lowest BCUT2D eigenvalue weighted by atomic mass is 10.1. The number of thiocarbonyl (C=S) groups is 1. The van der Waals surface area contributed by atoms with Gasteiger partial charge in [-0.25, -0.2) is 0 Å². The normalized spacial score (nSPS) is 12.0. The predicted octanol–water partition coefficient (Wildman–Crippen LogP) is 0.187. The first-order valence-corrected chi connectivity index (χ1v) is 6.13. The number of hydrogen-bond acceptors (Lipinski definition) is 3. The second kappa shape index (κ2) is 8.00. The highest BCUT2D eigenvalue weighted by atomic mass is 32.1. The zero-order chi connectivity index (χ0) is 13.4. The molecule has 0 aliphatic carbocycles. The molecule has 1 atom stereocenters. The van der Waals surface area contributed by atoms with E-state index in [9.17, 15) is 9.59 Å². The van der Waals surface area contributed by atoms with Crippen molar-refractivity contribution in [2.75, 3.05) is 13.1 Å². The quantitative estimate of drug-likeness (QED) is 0.570. The third-order valence-electron chi connectivity index (χ3n) is 2.20. The summed E-state index contributed by atoms with van der Waals surface area (Å²) in [5, 5.41) is 5.23. The smallest absolute Gasteiger partial charge is 0.239 e. The average Bonchev–Trinajstić information content (AvgIpc) is 2.23. The van der Waals surface area contributed by atoms with E-state index in [1.165, 1.54) is 0 Å². The Kier molecular flexibility index (Phi) is 7.45. The first-order chi connectivity index (χ1) is 7.88. The van der Waals surface area contributed by atoms with Crippen molar-refractivity contribution in [1.29, 1.82) is 0 Å². The highest BCUT2D eigenvalue weighted by Crippen LogP contribution is 2.02. The van der Waals surface area contributed by atoms with Crippen LogP contribution < -0.4 is 16.4 Å². The van der Waals surface area contributed by atoms with Crippen LogP contribution in [0.4, 0.5) is 0 Å². The van der Waals surface area contributed by atoms with Crippen LogP contribution in [0.25, 0.3) is 0 Å². The monoisotopic (exact) mass is 259 g/mol. The fourth-order valence-electron chi connectivity index (χ4n) is 1.19. The summed E-state index contributed by atoms with van der Waals surface area (Å²) < 4.78 is 0. The molecule has 17 heavy (non-hydrogen) atoms. The zero-order valence-electron chi connectivity index (χ0n) is 10.6. The largest absolute Gasteiger partial charge is 0.393 e. The lowest BCUT2D eigenvalue weighted by Crippen LogP contribution is -2.43. The molecule has 0 aliphatic heterocycles. The van der Waals surface area contributed by atoms with Crippen molar-refractivity contribution in [2.24, 2.45) is 17.6 Å². The predicted molar refractivity (Wildman–Crippen MR) is 71.4 cm³/mol. The number of amides is 2. The van der Waals surface area contributed by atoms with E-state index in [4.69, 9.17) is 18.0 Å². The summed E-state index contributed by atoms with van der Waals surface area (Å²) in [5.41, 5.74) is 5.42. The van der Waals surface area contributed by atoms with Gasteiger partial charge in [0, 0.05) is 6.54 Å². The minimum absolute atomic E-state index is 0.0370. The summed E-state index contributed by atoms with van der Waals surface area (Å²) in [7, 11) is 0. The van der Waals surface area contributed by atoms with Gasteiger partial charge in [-0.2, -0.15) is 0 Å². The van der Waals surface area contributed by atoms with Crippen LogP contribution in [0.15, 0.2) is 0 Å². The minimum Gasteiger partial charge on any atom is -0.393 e. The molecule has 0 fully saturated rings. The molecular formula is C11H21N3O2S. The Morgan fingerprint density at radius 3 is 2.29 bits per heavy atom. The molecular weight excluding hydrogens is 238 g/mol. The molecule has 0 spiro atoms. The molecule has 0 bridgehead atoms. The third-order valence-corrected chi connectivity index (χ3v) is 2.48. The van der Waals surface area contributed by atoms with Gasteiger partial charge in [0.25, 0.3) is 0 Å². The summed E-state index contributed by atoms with van der Waals surface area (Å²) >= 11 is 4.77. The molecule has 0 aromatic rings. The van der Waals surface area contributed by atoms with Crippen molar-refractivity contribution in [3.8, 4) is 0 Å². The highest BCUT2D eigenvalue weighted by Gasteiger charge is 2.19. The Morgan fingerprint density at radius 1 is 1.29 bits per heavy atom. The molecule has 0 saturated carbocycles. The molecule has 4 N–H and O–H groups in total. The first-order valence-electron chi connectivity index (χ1n) is 5.72. The maximum absolute atomic E-state index is 11.6. The SMILES string of the molecule is CCC(C(=O)NCC(=O)NCC(C)C)C(N)=S. The number of carbonyl (C=O) groups excluding carboxylic acids is 2. The zero-order valence-corrected chi connectivity index (χ0v) is 11.4. The van der Waals surface area contributed by atoms with Gasteiger partial charge in [0.2, 0.25) is 11.8 Å². The van der Waals surface area contributed by atoms with Gasteiger partial charge < -0.3 is 16.4 Å². The standard InChI is InChI=1S/C11H21N3O2S/c1-4-8(10(12)17)11(16)14-6-9(15)13-5-7(2)3/h7-8H,4-6H2,1-3H3,(H2,12,17)(H,13,15)(H,14,16). The Morgan fingerprint density at radius 2 is 1.88 bits per heavy atom. The summed E-state index contributed by atoms with van der Waals surface area (Å²) in [6, 6.07) is 0. The Hall–Kier alpha value is -1.17. The van der Waals surface area contributed by atoms with E-state index in [0.29, 0.717) is 18.9 Å². The van der Waals surface area contributed by atoms with Gasteiger partial charge in [0.1, 0.15) is 0 Å². The topological polar surface area (TPSA) is 84.2 Å². The lowest BCUT2D eigenvalue weighted by molar-refractivity contribution is -0.127. The van der Waals surface area contributed by atoms with Crippen LogP contribution in [0.2, 0.25) is 0 Å². The highest BCUT2D eigenvalue weighted by molar-refractivity contribution is 7.80. The van der Waals surface area contributed by atoms with Crippen molar-refractivity contribution in [3.63, 3.8) is 0 Å². The summed E-state index contributed by atoms with van der Waals surface area (Å²) in [6.07, 6.45) is 0.536. The van der Waals surface area contributed by atoms with Crippen LogP contribution in [-0.2, 0) is 9.59 Å². The van der Waals surface area contributed by atoms with Gasteiger partial charge in [-0.1, -0.05) is 33.0 Å². The minimum atomic E-state index is -0.497. The molecule has 0 aliphatic rings. The molecule has 98 valence electrons. The van der Waals surface area contributed by atoms with Crippen molar-refractivity contribution >= 4 is 29.0 Å². The molecule has 0 rings (SSSR count). The van der Waals surface area contributed by atoms with E-state index < -0.39 is 5.92 Å². The van der Waals surface area contributed by atoms with E-state index in [1.54, 1.807) is 0 Å². The van der Waals surface area contributed by atoms with Crippen molar-refractivity contribution in [2.45, 2.75) is 27.2 Å². The van der Waals surface area contributed by atoms with Crippen molar-refractivity contribution < 1.29 is 9.59 Å². The van der Waals surface area contributed by atoms with Crippen LogP contribution >= 0.6 is 12.2 Å². The number of nitrogens with two attached hydrogens (primary N) is 1.